The quantitative estimate of drug-likeness (QED) is 0.843. The number of carbonyl (C=O) groups excluding carboxylic acids is 1. The number of amides is 1. The highest BCUT2D eigenvalue weighted by Crippen LogP contribution is 2.12. The minimum absolute atomic E-state index is 0.136. The Morgan fingerprint density at radius 2 is 1.53 bits per heavy atom. The number of carbonyl (C=O) groups is 1. The van der Waals surface area contributed by atoms with Crippen molar-refractivity contribution in [1.29, 1.82) is 0 Å². The fraction of sp³-hybridized carbons (Fsp3) is 0.0667. The van der Waals surface area contributed by atoms with Crippen LogP contribution >= 0.6 is 12.2 Å². The molecule has 0 heterocycles. The molecule has 0 unspecified atom stereocenters. The van der Waals surface area contributed by atoms with Crippen molar-refractivity contribution in [1.82, 2.24) is 0 Å². The van der Waals surface area contributed by atoms with Crippen molar-refractivity contribution in [2.45, 2.75) is 6.92 Å². The maximum Gasteiger partial charge on any atom is 0.255 e. The van der Waals surface area contributed by atoms with Crippen LogP contribution in [-0.2, 0) is 0 Å². The van der Waals surface area contributed by atoms with E-state index in [4.69, 9.17) is 18.0 Å². The van der Waals surface area contributed by atoms with E-state index in [-0.39, 0.29) is 5.91 Å². The fourth-order valence-corrected chi connectivity index (χ4v) is 1.76. The van der Waals surface area contributed by atoms with Crippen LogP contribution in [0.5, 0.6) is 0 Å². The first-order valence-electron chi connectivity index (χ1n) is 5.84. The Morgan fingerprint density at radius 3 is 2.05 bits per heavy atom. The minimum Gasteiger partial charge on any atom is -0.389 e. The lowest BCUT2D eigenvalue weighted by Crippen LogP contribution is -2.12. The van der Waals surface area contributed by atoms with Crippen LogP contribution in [0.3, 0.4) is 0 Å². The summed E-state index contributed by atoms with van der Waals surface area (Å²) in [6.07, 6.45) is 0. The highest BCUT2D eigenvalue weighted by atomic mass is 32.1. The molecule has 0 spiro atoms. The summed E-state index contributed by atoms with van der Waals surface area (Å²) >= 11 is 4.87. The molecular formula is C15H14N2OS. The van der Waals surface area contributed by atoms with E-state index in [2.05, 4.69) is 5.32 Å². The van der Waals surface area contributed by atoms with Crippen LogP contribution in [0.4, 0.5) is 5.69 Å². The first-order valence-corrected chi connectivity index (χ1v) is 6.25. The number of rotatable bonds is 3. The van der Waals surface area contributed by atoms with Crippen LogP contribution in [0.25, 0.3) is 0 Å². The first-order chi connectivity index (χ1) is 9.06. The second-order valence-electron chi connectivity index (χ2n) is 4.26. The SMILES string of the molecule is Cc1ccc(C(=O)Nc2ccc(C(N)=S)cc2)cc1. The molecule has 0 aromatic heterocycles. The number of hydrogen-bond donors (Lipinski definition) is 2. The van der Waals surface area contributed by atoms with Gasteiger partial charge in [-0.25, -0.2) is 0 Å². The molecule has 0 saturated carbocycles. The number of hydrogen-bond acceptors (Lipinski definition) is 2. The average Bonchev–Trinajstić information content (AvgIpc) is 2.40. The highest BCUT2D eigenvalue weighted by Gasteiger charge is 2.05. The van der Waals surface area contributed by atoms with Gasteiger partial charge in [0.1, 0.15) is 4.99 Å². The van der Waals surface area contributed by atoms with Crippen LogP contribution in [0, 0.1) is 6.92 Å². The molecule has 0 aliphatic carbocycles. The predicted molar refractivity (Wildman–Crippen MR) is 81.5 cm³/mol. The van der Waals surface area contributed by atoms with Crippen molar-refractivity contribution >= 4 is 28.8 Å². The van der Waals surface area contributed by atoms with Crippen LogP contribution in [0.1, 0.15) is 21.5 Å². The van der Waals surface area contributed by atoms with Gasteiger partial charge in [0.05, 0.1) is 0 Å². The van der Waals surface area contributed by atoms with E-state index in [1.165, 1.54) is 0 Å². The van der Waals surface area contributed by atoms with Crippen molar-refractivity contribution in [2.24, 2.45) is 5.73 Å². The van der Waals surface area contributed by atoms with Gasteiger partial charge in [-0.3, -0.25) is 4.79 Å². The monoisotopic (exact) mass is 270 g/mol. The Bertz CT molecular complexity index is 603. The Kier molecular flexibility index (Phi) is 3.92. The van der Waals surface area contributed by atoms with Crippen molar-refractivity contribution < 1.29 is 4.79 Å². The molecule has 0 bridgehead atoms. The number of nitrogens with one attached hydrogen (secondary N) is 1. The average molecular weight is 270 g/mol. The van der Waals surface area contributed by atoms with E-state index in [1.807, 2.05) is 19.1 Å². The van der Waals surface area contributed by atoms with Crippen molar-refractivity contribution in [3.05, 3.63) is 65.2 Å². The van der Waals surface area contributed by atoms with Gasteiger partial charge in [0.15, 0.2) is 0 Å². The van der Waals surface area contributed by atoms with Gasteiger partial charge >= 0.3 is 0 Å². The van der Waals surface area contributed by atoms with Crippen molar-refractivity contribution in [3.63, 3.8) is 0 Å². The normalized spacial score (nSPS) is 9.95. The third-order valence-electron chi connectivity index (χ3n) is 2.74. The summed E-state index contributed by atoms with van der Waals surface area (Å²) in [5.74, 6) is -0.136. The number of anilines is 1. The summed E-state index contributed by atoms with van der Waals surface area (Å²) in [6, 6.07) is 14.5. The zero-order valence-corrected chi connectivity index (χ0v) is 11.3. The van der Waals surface area contributed by atoms with Gasteiger partial charge in [-0.05, 0) is 43.3 Å². The molecule has 19 heavy (non-hydrogen) atoms. The molecule has 2 rings (SSSR count). The van der Waals surface area contributed by atoms with Gasteiger partial charge in [0.2, 0.25) is 0 Å². The zero-order valence-electron chi connectivity index (χ0n) is 10.5. The van der Waals surface area contributed by atoms with Gasteiger partial charge in [-0.1, -0.05) is 29.9 Å². The Morgan fingerprint density at radius 1 is 1.00 bits per heavy atom. The highest BCUT2D eigenvalue weighted by molar-refractivity contribution is 7.80. The molecule has 0 radical (unpaired) electrons. The molecule has 1 amide bonds. The van der Waals surface area contributed by atoms with Crippen LogP contribution in [-0.4, -0.2) is 10.9 Å². The van der Waals surface area contributed by atoms with Crippen LogP contribution in [0.2, 0.25) is 0 Å². The topological polar surface area (TPSA) is 55.1 Å². The maximum atomic E-state index is 12.0. The minimum atomic E-state index is -0.136. The molecular weight excluding hydrogens is 256 g/mol. The van der Waals surface area contributed by atoms with Gasteiger partial charge in [-0.2, -0.15) is 0 Å². The molecule has 0 aliphatic heterocycles. The molecule has 3 N–H and O–H groups in total. The fourth-order valence-electron chi connectivity index (χ4n) is 1.63. The Hall–Kier alpha value is -2.20. The zero-order chi connectivity index (χ0) is 13.8. The van der Waals surface area contributed by atoms with E-state index in [1.54, 1.807) is 36.4 Å². The van der Waals surface area contributed by atoms with Crippen molar-refractivity contribution in [2.75, 3.05) is 5.32 Å². The number of benzene rings is 2. The summed E-state index contributed by atoms with van der Waals surface area (Å²) in [4.78, 5) is 12.3. The first kappa shape index (κ1) is 13.2. The lowest BCUT2D eigenvalue weighted by molar-refractivity contribution is 0.102. The smallest absolute Gasteiger partial charge is 0.255 e. The van der Waals surface area contributed by atoms with Crippen LogP contribution < -0.4 is 11.1 Å². The molecule has 0 saturated heterocycles. The number of aryl methyl sites for hydroxylation is 1. The number of nitrogens with two attached hydrogens (primary N) is 1. The largest absolute Gasteiger partial charge is 0.389 e. The van der Waals surface area contributed by atoms with Gasteiger partial charge in [0, 0.05) is 16.8 Å². The van der Waals surface area contributed by atoms with E-state index < -0.39 is 0 Å². The Balaban J connectivity index is 2.10. The lowest BCUT2D eigenvalue weighted by atomic mass is 10.1. The van der Waals surface area contributed by atoms with E-state index in [9.17, 15) is 4.79 Å². The predicted octanol–water partition coefficient (Wildman–Crippen LogP) is 2.88. The molecule has 0 fully saturated rings. The molecule has 96 valence electrons. The molecule has 0 aliphatic rings. The molecule has 3 nitrogen and oxygen atoms in total. The summed E-state index contributed by atoms with van der Waals surface area (Å²) < 4.78 is 0. The summed E-state index contributed by atoms with van der Waals surface area (Å²) in [5.41, 5.74) is 8.76. The lowest BCUT2D eigenvalue weighted by Gasteiger charge is -2.06. The Labute approximate surface area is 117 Å². The van der Waals surface area contributed by atoms with Gasteiger partial charge in [-0.15, -0.1) is 0 Å². The second-order valence-corrected chi connectivity index (χ2v) is 4.70. The third-order valence-corrected chi connectivity index (χ3v) is 2.98. The van der Waals surface area contributed by atoms with Gasteiger partial charge < -0.3 is 11.1 Å². The molecule has 4 heteroatoms. The molecule has 2 aromatic rings. The summed E-state index contributed by atoms with van der Waals surface area (Å²) in [6.45, 7) is 1.98. The third kappa shape index (κ3) is 3.39. The summed E-state index contributed by atoms with van der Waals surface area (Å²) in [7, 11) is 0. The van der Waals surface area contributed by atoms with Gasteiger partial charge in [0.25, 0.3) is 5.91 Å². The second kappa shape index (κ2) is 5.63. The van der Waals surface area contributed by atoms with E-state index >= 15 is 0 Å². The standard InChI is InChI=1S/C15H14N2OS/c1-10-2-4-12(5-3-10)15(18)17-13-8-6-11(7-9-13)14(16)19/h2-9H,1H3,(H2,16,19)(H,17,18). The van der Waals surface area contributed by atoms with E-state index in [0.717, 1.165) is 11.1 Å². The molecule has 0 atom stereocenters. The molecule has 2 aromatic carbocycles. The summed E-state index contributed by atoms with van der Waals surface area (Å²) in [5, 5.41) is 2.82. The van der Waals surface area contributed by atoms with E-state index in [0.29, 0.717) is 16.2 Å². The van der Waals surface area contributed by atoms with Crippen LogP contribution in [0.15, 0.2) is 48.5 Å². The number of thiocarbonyl (C=S) groups is 1. The maximum absolute atomic E-state index is 12.0. The van der Waals surface area contributed by atoms with Crippen molar-refractivity contribution in [3.8, 4) is 0 Å².